The highest BCUT2D eigenvalue weighted by Gasteiger charge is 2.58. The summed E-state index contributed by atoms with van der Waals surface area (Å²) in [5.74, 6) is -0.444. The molecule has 170 valence electrons. The Hall–Kier alpha value is -2.33. The molecule has 1 N–H and O–H groups in total. The number of rotatable bonds is 5. The van der Waals surface area contributed by atoms with E-state index in [-0.39, 0.29) is 29.5 Å². The number of carboxylic acids is 1. The lowest BCUT2D eigenvalue weighted by Crippen LogP contribution is -2.54. The van der Waals surface area contributed by atoms with Gasteiger partial charge in [-0.2, -0.15) is 5.26 Å². The third-order valence-corrected chi connectivity index (χ3v) is 8.62. The topological polar surface area (TPSA) is 90.6 Å². The highest BCUT2D eigenvalue weighted by atomic mass is 35.5. The zero-order chi connectivity index (χ0) is 22.6. The fourth-order valence-corrected chi connectivity index (χ4v) is 7.12. The molecule has 32 heavy (non-hydrogen) atoms. The molecule has 1 amide bonds. The van der Waals surface area contributed by atoms with Crippen LogP contribution in [0.2, 0.25) is 5.02 Å². The molecule has 4 aliphatic carbocycles. The Bertz CT molecular complexity index is 978. The number of nitrogens with zero attached hydrogens (tertiary/aromatic N) is 2. The lowest BCUT2D eigenvalue weighted by atomic mass is 9.46. The number of benzene rings is 1. The Morgan fingerprint density at radius 2 is 1.88 bits per heavy atom. The first-order chi connectivity index (χ1) is 15.3. The fourth-order valence-electron chi connectivity index (χ4n) is 6.90. The van der Waals surface area contributed by atoms with Crippen molar-refractivity contribution >= 4 is 23.5 Å². The number of likely N-dealkylation sites (tertiary alicyclic amines) is 1. The highest BCUT2D eigenvalue weighted by Crippen LogP contribution is 2.62. The van der Waals surface area contributed by atoms with E-state index in [0.717, 1.165) is 31.7 Å². The van der Waals surface area contributed by atoms with Crippen LogP contribution in [0.3, 0.4) is 0 Å². The van der Waals surface area contributed by atoms with Crippen molar-refractivity contribution in [3.8, 4) is 11.8 Å². The summed E-state index contributed by atoms with van der Waals surface area (Å²) in [5.41, 5.74) is -0.841. The van der Waals surface area contributed by atoms with E-state index in [0.29, 0.717) is 36.5 Å². The molecule has 1 aromatic rings. The summed E-state index contributed by atoms with van der Waals surface area (Å²) in [5, 5.41) is 19.5. The zero-order valence-corrected chi connectivity index (χ0v) is 18.5. The normalized spacial score (nSPS) is 35.0. The number of hydrogen-bond acceptors (Lipinski definition) is 4. The third kappa shape index (κ3) is 3.35. The van der Waals surface area contributed by atoms with Gasteiger partial charge in [0.2, 0.25) is 0 Å². The van der Waals surface area contributed by atoms with Crippen LogP contribution < -0.4 is 4.74 Å². The molecule has 1 aromatic carbocycles. The van der Waals surface area contributed by atoms with Crippen molar-refractivity contribution in [1.82, 2.24) is 4.90 Å². The number of carbonyl (C=O) groups excluding carboxylic acids is 1. The molecule has 4 bridgehead atoms. The van der Waals surface area contributed by atoms with Crippen molar-refractivity contribution in [3.63, 3.8) is 0 Å². The summed E-state index contributed by atoms with van der Waals surface area (Å²) in [6, 6.07) is 3.91. The number of amides is 1. The Kier molecular flexibility index (Phi) is 5.32. The van der Waals surface area contributed by atoms with Gasteiger partial charge in [-0.1, -0.05) is 11.6 Å². The molecule has 0 spiro atoms. The largest absolute Gasteiger partial charge is 0.490 e. The molecule has 1 atom stereocenters. The Labute approximate surface area is 191 Å². The fraction of sp³-hybridized carbons (Fsp3) is 0.625. The number of aliphatic carboxylic acids is 1. The second-order valence-corrected chi connectivity index (χ2v) is 10.4. The van der Waals surface area contributed by atoms with Gasteiger partial charge in [-0.3, -0.25) is 4.79 Å². The van der Waals surface area contributed by atoms with Crippen molar-refractivity contribution in [1.29, 1.82) is 5.26 Å². The van der Waals surface area contributed by atoms with Gasteiger partial charge < -0.3 is 14.7 Å². The van der Waals surface area contributed by atoms with Gasteiger partial charge in [0.15, 0.2) is 0 Å². The average molecular weight is 461 g/mol. The van der Waals surface area contributed by atoms with Gasteiger partial charge in [0.25, 0.3) is 5.91 Å². The van der Waals surface area contributed by atoms with Gasteiger partial charge in [-0.15, -0.1) is 0 Å². The van der Waals surface area contributed by atoms with Crippen LogP contribution in [0.15, 0.2) is 12.1 Å². The van der Waals surface area contributed by atoms with Crippen molar-refractivity contribution in [2.24, 2.45) is 29.1 Å². The molecule has 5 fully saturated rings. The summed E-state index contributed by atoms with van der Waals surface area (Å²) in [7, 11) is 0. The maximum Gasteiger partial charge on any atom is 0.326 e. The van der Waals surface area contributed by atoms with Gasteiger partial charge in [0.05, 0.1) is 22.1 Å². The van der Waals surface area contributed by atoms with Crippen molar-refractivity contribution in [2.75, 3.05) is 13.2 Å². The molecule has 0 aromatic heterocycles. The molecular formula is C24H26ClFN2O4. The number of nitriles is 1. The van der Waals surface area contributed by atoms with E-state index in [9.17, 15) is 24.3 Å². The van der Waals surface area contributed by atoms with E-state index in [1.807, 2.05) is 0 Å². The first-order valence-corrected chi connectivity index (χ1v) is 11.8. The van der Waals surface area contributed by atoms with Crippen LogP contribution in [0.25, 0.3) is 0 Å². The minimum atomic E-state index is -1.10. The van der Waals surface area contributed by atoms with Crippen molar-refractivity contribution in [3.05, 3.63) is 28.5 Å². The number of hydrogen-bond donors (Lipinski definition) is 1. The number of halogens is 2. The Morgan fingerprint density at radius 1 is 1.22 bits per heavy atom. The first kappa shape index (κ1) is 21.5. The van der Waals surface area contributed by atoms with E-state index < -0.39 is 29.2 Å². The van der Waals surface area contributed by atoms with Crippen LogP contribution in [0, 0.1) is 46.2 Å². The van der Waals surface area contributed by atoms with E-state index >= 15 is 0 Å². The summed E-state index contributed by atoms with van der Waals surface area (Å²) >= 11 is 6.35. The van der Waals surface area contributed by atoms with Gasteiger partial charge in [0, 0.05) is 12.6 Å². The van der Waals surface area contributed by atoms with Crippen LogP contribution >= 0.6 is 11.6 Å². The second kappa shape index (κ2) is 7.91. The molecule has 5 aliphatic rings. The van der Waals surface area contributed by atoms with Crippen molar-refractivity contribution in [2.45, 2.75) is 51.0 Å². The lowest BCUT2D eigenvalue weighted by Gasteiger charge is -2.58. The molecule has 1 saturated heterocycles. The Morgan fingerprint density at radius 3 is 2.47 bits per heavy atom. The van der Waals surface area contributed by atoms with Crippen LogP contribution in [0.1, 0.15) is 55.3 Å². The molecule has 6 rings (SSSR count). The quantitative estimate of drug-likeness (QED) is 0.697. The van der Waals surface area contributed by atoms with E-state index in [1.165, 1.54) is 17.4 Å². The van der Waals surface area contributed by atoms with Crippen LogP contribution in [0.4, 0.5) is 4.39 Å². The lowest BCUT2D eigenvalue weighted by molar-refractivity contribution is -0.141. The zero-order valence-electron chi connectivity index (χ0n) is 17.7. The molecule has 0 radical (unpaired) electrons. The van der Waals surface area contributed by atoms with Gasteiger partial charge >= 0.3 is 5.97 Å². The molecule has 8 heteroatoms. The minimum Gasteiger partial charge on any atom is -0.490 e. The smallest absolute Gasteiger partial charge is 0.326 e. The minimum absolute atomic E-state index is 0.0812. The monoisotopic (exact) mass is 460 g/mol. The van der Waals surface area contributed by atoms with Gasteiger partial charge in [0.1, 0.15) is 24.2 Å². The summed E-state index contributed by atoms with van der Waals surface area (Å²) in [6.07, 6.45) is 6.40. The molecule has 6 nitrogen and oxygen atoms in total. The van der Waals surface area contributed by atoms with Gasteiger partial charge in [-0.25, -0.2) is 9.18 Å². The predicted octanol–water partition coefficient (Wildman–Crippen LogP) is 4.51. The van der Waals surface area contributed by atoms with E-state index in [2.05, 4.69) is 6.07 Å². The highest BCUT2D eigenvalue weighted by molar-refractivity contribution is 6.32. The number of ether oxygens (including phenoxy) is 1. The molecule has 0 unspecified atom stereocenters. The molecule has 4 saturated carbocycles. The standard InChI is InChI=1S/C24H26ClFN2O4/c25-18-9-17(22(29)28-3-1-2-20(28)23(30)31)19(26)10-21(18)32-12-24(11-27)15-5-13-4-14(7-15)8-16(24)6-13/h9-10,13-16,20H,1-8,12H2,(H,30,31)/t13?,14?,15?,16?,20-,24?/m0/s1. The summed E-state index contributed by atoms with van der Waals surface area (Å²) in [4.78, 5) is 25.4. The van der Waals surface area contributed by atoms with E-state index in [1.54, 1.807) is 0 Å². The maximum absolute atomic E-state index is 14.9. The number of carboxylic acid groups (broad SMARTS) is 1. The van der Waals surface area contributed by atoms with Crippen LogP contribution in [0.5, 0.6) is 5.75 Å². The molecule has 1 aliphatic heterocycles. The van der Waals surface area contributed by atoms with Crippen LogP contribution in [-0.2, 0) is 4.79 Å². The van der Waals surface area contributed by atoms with Crippen LogP contribution in [-0.4, -0.2) is 41.1 Å². The maximum atomic E-state index is 14.9. The Balaban J connectivity index is 1.34. The SMILES string of the molecule is N#CC1(COc2cc(F)c(C(=O)N3CCC[C@H]3C(=O)O)cc2Cl)C2CC3CC(C2)CC1C3. The second-order valence-electron chi connectivity index (χ2n) is 10.0. The summed E-state index contributed by atoms with van der Waals surface area (Å²) in [6.45, 7) is 0.429. The number of carbonyl (C=O) groups is 2. The first-order valence-electron chi connectivity index (χ1n) is 11.4. The molecule has 1 heterocycles. The van der Waals surface area contributed by atoms with E-state index in [4.69, 9.17) is 16.3 Å². The van der Waals surface area contributed by atoms with Crippen molar-refractivity contribution < 1.29 is 23.8 Å². The van der Waals surface area contributed by atoms with Gasteiger partial charge in [-0.05, 0) is 74.7 Å². The molecular weight excluding hydrogens is 435 g/mol. The summed E-state index contributed by atoms with van der Waals surface area (Å²) < 4.78 is 20.8. The predicted molar refractivity (Wildman–Crippen MR) is 114 cm³/mol. The average Bonchev–Trinajstić information content (AvgIpc) is 3.25. The third-order valence-electron chi connectivity index (χ3n) is 8.32.